The van der Waals surface area contributed by atoms with Crippen LogP contribution >= 0.6 is 0 Å². The number of nitrogens with one attached hydrogen (secondary N) is 1. The van der Waals surface area contributed by atoms with E-state index in [1.54, 1.807) is 19.2 Å². The number of para-hydroxylation sites is 3. The van der Waals surface area contributed by atoms with Crippen LogP contribution in [0.1, 0.15) is 40.2 Å². The zero-order valence-corrected chi connectivity index (χ0v) is 20.7. The SMILES string of the molecule is COc1ccccc1C(=O)NCCc1nc2ccccc2n1CCCCOc1ccc(C)cc1C. The third-order valence-corrected chi connectivity index (χ3v) is 6.08. The van der Waals surface area contributed by atoms with Gasteiger partial charge < -0.3 is 19.4 Å². The molecular formula is C29H33N3O3. The Labute approximate surface area is 206 Å². The Balaban J connectivity index is 1.34. The van der Waals surface area contributed by atoms with Crippen LogP contribution in [0.4, 0.5) is 0 Å². The molecule has 0 spiro atoms. The Bertz CT molecular complexity index is 1300. The number of aryl methyl sites for hydroxylation is 3. The average molecular weight is 472 g/mol. The first-order valence-electron chi connectivity index (χ1n) is 12.1. The third-order valence-electron chi connectivity index (χ3n) is 6.08. The lowest BCUT2D eigenvalue weighted by atomic mass is 10.1. The highest BCUT2D eigenvalue weighted by Gasteiger charge is 2.13. The van der Waals surface area contributed by atoms with Crippen LogP contribution in [0, 0.1) is 13.8 Å². The fourth-order valence-electron chi connectivity index (χ4n) is 4.30. The van der Waals surface area contributed by atoms with Gasteiger partial charge in [0.2, 0.25) is 0 Å². The molecule has 0 saturated carbocycles. The number of hydrogen-bond acceptors (Lipinski definition) is 4. The smallest absolute Gasteiger partial charge is 0.255 e. The van der Waals surface area contributed by atoms with Crippen molar-refractivity contribution in [2.45, 2.75) is 39.7 Å². The molecule has 4 rings (SSSR count). The number of hydrogen-bond donors (Lipinski definition) is 1. The number of methoxy groups -OCH3 is 1. The number of nitrogens with zero attached hydrogens (tertiary/aromatic N) is 2. The lowest BCUT2D eigenvalue weighted by Crippen LogP contribution is -2.27. The maximum absolute atomic E-state index is 12.6. The molecule has 0 bridgehead atoms. The van der Waals surface area contributed by atoms with Crippen molar-refractivity contribution in [3.63, 3.8) is 0 Å². The molecule has 35 heavy (non-hydrogen) atoms. The van der Waals surface area contributed by atoms with E-state index in [0.29, 0.717) is 30.9 Å². The fraction of sp³-hybridized carbons (Fsp3) is 0.310. The molecule has 0 saturated heterocycles. The summed E-state index contributed by atoms with van der Waals surface area (Å²) >= 11 is 0. The van der Waals surface area contributed by atoms with E-state index in [9.17, 15) is 4.79 Å². The van der Waals surface area contributed by atoms with Crippen LogP contribution in [0.3, 0.4) is 0 Å². The molecule has 1 N–H and O–H groups in total. The van der Waals surface area contributed by atoms with Crippen LogP contribution in [0.5, 0.6) is 11.5 Å². The van der Waals surface area contributed by atoms with Gasteiger partial charge in [0.1, 0.15) is 17.3 Å². The number of amides is 1. The maximum atomic E-state index is 12.6. The molecular weight excluding hydrogens is 438 g/mol. The number of fused-ring (bicyclic) bond motifs is 1. The summed E-state index contributed by atoms with van der Waals surface area (Å²) in [6, 6.07) is 21.7. The van der Waals surface area contributed by atoms with Gasteiger partial charge in [0, 0.05) is 19.5 Å². The van der Waals surface area contributed by atoms with E-state index in [4.69, 9.17) is 14.5 Å². The van der Waals surface area contributed by atoms with Gasteiger partial charge in [-0.15, -0.1) is 0 Å². The van der Waals surface area contributed by atoms with Crippen molar-refractivity contribution >= 4 is 16.9 Å². The first kappa shape index (κ1) is 24.3. The molecule has 4 aromatic rings. The van der Waals surface area contributed by atoms with Crippen LogP contribution < -0.4 is 14.8 Å². The van der Waals surface area contributed by atoms with Gasteiger partial charge in [0.05, 0.1) is 30.3 Å². The van der Waals surface area contributed by atoms with Crippen molar-refractivity contribution in [1.82, 2.24) is 14.9 Å². The fourth-order valence-corrected chi connectivity index (χ4v) is 4.30. The normalized spacial score (nSPS) is 10.9. The van der Waals surface area contributed by atoms with Crippen LogP contribution in [0.15, 0.2) is 66.7 Å². The first-order valence-corrected chi connectivity index (χ1v) is 12.1. The number of ether oxygens (including phenoxy) is 2. The number of unbranched alkanes of at least 4 members (excludes halogenated alkanes) is 1. The third kappa shape index (κ3) is 6.01. The van der Waals surface area contributed by atoms with Crippen LogP contribution in [0.2, 0.25) is 0 Å². The molecule has 0 radical (unpaired) electrons. The first-order chi connectivity index (χ1) is 17.1. The predicted molar refractivity (Wildman–Crippen MR) is 139 cm³/mol. The summed E-state index contributed by atoms with van der Waals surface area (Å²) in [4.78, 5) is 17.5. The largest absolute Gasteiger partial charge is 0.496 e. The van der Waals surface area contributed by atoms with Crippen molar-refractivity contribution in [1.29, 1.82) is 0 Å². The van der Waals surface area contributed by atoms with E-state index in [2.05, 4.69) is 41.9 Å². The lowest BCUT2D eigenvalue weighted by molar-refractivity contribution is 0.0951. The van der Waals surface area contributed by atoms with Gasteiger partial charge in [-0.25, -0.2) is 4.98 Å². The van der Waals surface area contributed by atoms with Gasteiger partial charge in [0.25, 0.3) is 5.91 Å². The second-order valence-corrected chi connectivity index (χ2v) is 8.70. The quantitative estimate of drug-likeness (QED) is 0.294. The number of aromatic nitrogens is 2. The van der Waals surface area contributed by atoms with Gasteiger partial charge in [-0.05, 0) is 62.6 Å². The Morgan fingerprint density at radius 3 is 2.60 bits per heavy atom. The van der Waals surface area contributed by atoms with Crippen molar-refractivity contribution < 1.29 is 14.3 Å². The maximum Gasteiger partial charge on any atom is 0.255 e. The predicted octanol–water partition coefficient (Wildman–Crippen LogP) is 5.49. The monoisotopic (exact) mass is 471 g/mol. The van der Waals surface area contributed by atoms with Crippen molar-refractivity contribution in [3.05, 3.63) is 89.2 Å². The molecule has 1 heterocycles. The summed E-state index contributed by atoms with van der Waals surface area (Å²) in [6.07, 6.45) is 2.57. The number of carbonyl (C=O) groups excluding carboxylic acids is 1. The molecule has 0 aliphatic carbocycles. The highest BCUT2D eigenvalue weighted by atomic mass is 16.5. The molecule has 0 unspecified atom stereocenters. The lowest BCUT2D eigenvalue weighted by Gasteiger charge is -2.12. The molecule has 1 amide bonds. The van der Waals surface area contributed by atoms with E-state index >= 15 is 0 Å². The zero-order chi connectivity index (χ0) is 24.6. The van der Waals surface area contributed by atoms with Crippen molar-refractivity contribution in [3.8, 4) is 11.5 Å². The molecule has 0 atom stereocenters. The number of imidazole rings is 1. The van der Waals surface area contributed by atoms with Gasteiger partial charge >= 0.3 is 0 Å². The molecule has 0 fully saturated rings. The number of benzene rings is 3. The average Bonchev–Trinajstić information content (AvgIpc) is 3.22. The minimum atomic E-state index is -0.145. The van der Waals surface area contributed by atoms with E-state index in [0.717, 1.165) is 42.0 Å². The highest BCUT2D eigenvalue weighted by Crippen LogP contribution is 2.21. The van der Waals surface area contributed by atoms with Gasteiger partial charge in [-0.3, -0.25) is 4.79 Å². The Hall–Kier alpha value is -3.80. The molecule has 3 aromatic carbocycles. The molecule has 6 nitrogen and oxygen atoms in total. The molecule has 6 heteroatoms. The standard InChI is InChI=1S/C29H33N3O3/c1-21-14-15-26(22(2)20-21)35-19-9-8-18-32-25-12-6-5-11-24(25)31-28(32)16-17-30-29(33)23-10-4-7-13-27(23)34-3/h4-7,10-15,20H,8-9,16-19H2,1-3H3,(H,30,33). The van der Waals surface area contributed by atoms with Crippen molar-refractivity contribution in [2.75, 3.05) is 20.3 Å². The van der Waals surface area contributed by atoms with E-state index in [-0.39, 0.29) is 5.91 Å². The topological polar surface area (TPSA) is 65.4 Å². The number of rotatable bonds is 11. The Morgan fingerprint density at radius 1 is 0.971 bits per heavy atom. The summed E-state index contributed by atoms with van der Waals surface area (Å²) in [5.41, 5.74) is 5.04. The van der Waals surface area contributed by atoms with E-state index in [1.165, 1.54) is 11.1 Å². The molecule has 182 valence electrons. The minimum absolute atomic E-state index is 0.145. The number of carbonyl (C=O) groups is 1. The summed E-state index contributed by atoms with van der Waals surface area (Å²) in [5, 5.41) is 3.01. The molecule has 1 aromatic heterocycles. The van der Waals surface area contributed by atoms with E-state index in [1.807, 2.05) is 36.4 Å². The second-order valence-electron chi connectivity index (χ2n) is 8.70. The highest BCUT2D eigenvalue weighted by molar-refractivity contribution is 5.96. The second kappa shape index (κ2) is 11.6. The van der Waals surface area contributed by atoms with Crippen LogP contribution in [-0.4, -0.2) is 35.7 Å². The zero-order valence-electron chi connectivity index (χ0n) is 20.7. The van der Waals surface area contributed by atoms with Gasteiger partial charge in [-0.2, -0.15) is 0 Å². The molecule has 0 aliphatic rings. The summed E-state index contributed by atoms with van der Waals surface area (Å²) in [7, 11) is 1.57. The summed E-state index contributed by atoms with van der Waals surface area (Å²) in [5.74, 6) is 2.35. The van der Waals surface area contributed by atoms with E-state index < -0.39 is 0 Å². The summed E-state index contributed by atoms with van der Waals surface area (Å²) < 4.78 is 13.6. The minimum Gasteiger partial charge on any atom is -0.496 e. The van der Waals surface area contributed by atoms with Gasteiger partial charge in [-0.1, -0.05) is 42.0 Å². The Morgan fingerprint density at radius 2 is 1.77 bits per heavy atom. The Kier molecular flexibility index (Phi) is 8.03. The van der Waals surface area contributed by atoms with Crippen LogP contribution in [0.25, 0.3) is 11.0 Å². The molecule has 0 aliphatic heterocycles. The van der Waals surface area contributed by atoms with Gasteiger partial charge in [0.15, 0.2) is 0 Å². The van der Waals surface area contributed by atoms with Crippen LogP contribution in [-0.2, 0) is 13.0 Å². The van der Waals surface area contributed by atoms with Crippen molar-refractivity contribution in [2.24, 2.45) is 0 Å². The summed E-state index contributed by atoms with van der Waals surface area (Å²) in [6.45, 7) is 6.20.